The molecule has 2 aliphatic heterocycles. The fourth-order valence-corrected chi connectivity index (χ4v) is 3.35. The number of carbonyl (C=O) groups excluding carboxylic acids is 1. The van der Waals surface area contributed by atoms with Gasteiger partial charge >= 0.3 is 5.97 Å². The van der Waals surface area contributed by atoms with Crippen molar-refractivity contribution in [2.45, 2.75) is 31.3 Å². The molecule has 96 valence electrons. The van der Waals surface area contributed by atoms with Crippen LogP contribution in [0.4, 0.5) is 0 Å². The van der Waals surface area contributed by atoms with E-state index in [4.69, 9.17) is 21.1 Å². The zero-order valence-corrected chi connectivity index (χ0v) is 10.3. The number of hydrogen-bond acceptors (Lipinski definition) is 3. The van der Waals surface area contributed by atoms with Gasteiger partial charge in [-0.3, -0.25) is 9.59 Å². The number of carboxylic acid groups (broad SMARTS) is 1. The van der Waals surface area contributed by atoms with E-state index in [9.17, 15) is 9.59 Å². The van der Waals surface area contributed by atoms with Crippen molar-refractivity contribution in [1.82, 2.24) is 4.90 Å². The summed E-state index contributed by atoms with van der Waals surface area (Å²) in [6, 6.07) is 1.35. The highest BCUT2D eigenvalue weighted by Gasteiger charge is 2.51. The van der Waals surface area contributed by atoms with Crippen LogP contribution in [0.2, 0.25) is 5.22 Å². The van der Waals surface area contributed by atoms with Gasteiger partial charge in [0.25, 0.3) is 5.91 Å². The van der Waals surface area contributed by atoms with E-state index in [1.54, 1.807) is 4.90 Å². The summed E-state index contributed by atoms with van der Waals surface area (Å²) in [4.78, 5) is 25.2. The van der Waals surface area contributed by atoms with Gasteiger partial charge in [0.05, 0.1) is 17.7 Å². The van der Waals surface area contributed by atoms with Gasteiger partial charge in [0.1, 0.15) is 0 Å². The van der Waals surface area contributed by atoms with Crippen molar-refractivity contribution in [3.8, 4) is 0 Å². The minimum Gasteiger partial charge on any atom is -0.481 e. The van der Waals surface area contributed by atoms with Crippen LogP contribution in [0.1, 0.15) is 29.6 Å². The van der Waals surface area contributed by atoms with E-state index in [0.717, 1.165) is 12.8 Å². The van der Waals surface area contributed by atoms with Crippen LogP contribution in [-0.2, 0) is 4.79 Å². The van der Waals surface area contributed by atoms with E-state index in [0.29, 0.717) is 12.0 Å². The number of furan rings is 1. The summed E-state index contributed by atoms with van der Waals surface area (Å²) in [5.41, 5.74) is 0.319. The highest BCUT2D eigenvalue weighted by Crippen LogP contribution is 2.43. The van der Waals surface area contributed by atoms with Crippen LogP contribution in [0, 0.1) is 5.92 Å². The van der Waals surface area contributed by atoms with E-state index < -0.39 is 11.9 Å². The number of carboxylic acids is 1. The molecule has 2 saturated heterocycles. The lowest BCUT2D eigenvalue weighted by Crippen LogP contribution is -2.37. The average Bonchev–Trinajstić information content (AvgIpc) is 3.01. The number of hydrogen-bond donors (Lipinski definition) is 1. The maximum Gasteiger partial charge on any atom is 0.308 e. The SMILES string of the molecule is O=C(O)C1CC2CCC1N2C(=O)c1ccoc1Cl. The summed E-state index contributed by atoms with van der Waals surface area (Å²) >= 11 is 5.80. The third-order valence-electron chi connectivity index (χ3n) is 3.94. The molecule has 3 heterocycles. The van der Waals surface area contributed by atoms with Gasteiger partial charge in [-0.25, -0.2) is 0 Å². The Labute approximate surface area is 108 Å². The number of nitrogens with zero attached hydrogens (tertiary/aromatic N) is 1. The molecule has 2 bridgehead atoms. The molecule has 0 saturated carbocycles. The molecule has 0 spiro atoms. The van der Waals surface area contributed by atoms with E-state index in [1.807, 2.05) is 0 Å². The maximum atomic E-state index is 12.3. The van der Waals surface area contributed by atoms with Gasteiger partial charge in [-0.15, -0.1) is 0 Å². The quantitative estimate of drug-likeness (QED) is 0.891. The van der Waals surface area contributed by atoms with Crippen molar-refractivity contribution in [3.63, 3.8) is 0 Å². The Balaban J connectivity index is 1.88. The minimum atomic E-state index is -0.821. The molecule has 6 heteroatoms. The number of rotatable bonds is 2. The largest absolute Gasteiger partial charge is 0.481 e. The normalized spacial score (nSPS) is 29.8. The summed E-state index contributed by atoms with van der Waals surface area (Å²) < 4.78 is 4.91. The summed E-state index contributed by atoms with van der Waals surface area (Å²) in [5.74, 6) is -1.48. The molecule has 5 nitrogen and oxygen atoms in total. The zero-order valence-electron chi connectivity index (χ0n) is 9.51. The minimum absolute atomic E-state index is 0.0227. The lowest BCUT2D eigenvalue weighted by atomic mass is 9.89. The third kappa shape index (κ3) is 1.54. The van der Waals surface area contributed by atoms with Crippen LogP contribution in [0.25, 0.3) is 0 Å². The predicted molar refractivity (Wildman–Crippen MR) is 62.4 cm³/mol. The number of fused-ring (bicyclic) bond motifs is 2. The van der Waals surface area contributed by atoms with Gasteiger partial charge in [-0.2, -0.15) is 0 Å². The van der Waals surface area contributed by atoms with Gasteiger partial charge in [-0.05, 0) is 36.9 Å². The highest BCUT2D eigenvalue weighted by atomic mass is 35.5. The Morgan fingerprint density at radius 3 is 2.78 bits per heavy atom. The van der Waals surface area contributed by atoms with Crippen LogP contribution >= 0.6 is 11.6 Å². The Morgan fingerprint density at radius 1 is 1.44 bits per heavy atom. The molecule has 2 aliphatic rings. The Hall–Kier alpha value is -1.49. The Morgan fingerprint density at radius 2 is 2.22 bits per heavy atom. The fraction of sp³-hybridized carbons (Fsp3) is 0.500. The first-order valence-corrected chi connectivity index (χ1v) is 6.26. The van der Waals surface area contributed by atoms with Gasteiger partial charge < -0.3 is 14.4 Å². The van der Waals surface area contributed by atoms with Crippen molar-refractivity contribution in [1.29, 1.82) is 0 Å². The molecular weight excluding hydrogens is 258 g/mol. The highest BCUT2D eigenvalue weighted by molar-refractivity contribution is 6.32. The topological polar surface area (TPSA) is 70.8 Å². The second-order valence-corrected chi connectivity index (χ2v) is 5.14. The first kappa shape index (κ1) is 11.6. The summed E-state index contributed by atoms with van der Waals surface area (Å²) in [6.07, 6.45) is 3.53. The summed E-state index contributed by atoms with van der Waals surface area (Å²) in [6.45, 7) is 0. The van der Waals surface area contributed by atoms with Crippen molar-refractivity contribution < 1.29 is 19.1 Å². The van der Waals surface area contributed by atoms with Gasteiger partial charge in [0, 0.05) is 12.1 Å². The number of aliphatic carboxylic acids is 1. The fourth-order valence-electron chi connectivity index (χ4n) is 3.16. The Bertz CT molecular complexity index is 512. The van der Waals surface area contributed by atoms with E-state index in [1.165, 1.54) is 12.3 Å². The van der Waals surface area contributed by atoms with Crippen LogP contribution in [0.15, 0.2) is 16.7 Å². The summed E-state index contributed by atoms with van der Waals surface area (Å²) in [5, 5.41) is 9.21. The average molecular weight is 270 g/mol. The molecule has 3 unspecified atom stereocenters. The van der Waals surface area contributed by atoms with Crippen LogP contribution in [0.3, 0.4) is 0 Å². The standard InChI is InChI=1S/C12H12ClNO4/c13-10-7(3-4-18-10)11(15)14-6-1-2-9(14)8(5-6)12(16)17/h3-4,6,8-9H,1-2,5H2,(H,16,17). The molecule has 2 fully saturated rings. The van der Waals surface area contributed by atoms with Crippen molar-refractivity contribution in [2.24, 2.45) is 5.92 Å². The van der Waals surface area contributed by atoms with Crippen molar-refractivity contribution in [3.05, 3.63) is 23.1 Å². The van der Waals surface area contributed by atoms with Crippen LogP contribution < -0.4 is 0 Å². The van der Waals surface area contributed by atoms with Gasteiger partial charge in [0.15, 0.2) is 0 Å². The molecule has 1 aromatic heterocycles. The second-order valence-electron chi connectivity index (χ2n) is 4.80. The number of amides is 1. The first-order valence-electron chi connectivity index (χ1n) is 5.88. The molecule has 0 radical (unpaired) electrons. The van der Waals surface area contributed by atoms with E-state index >= 15 is 0 Å². The van der Waals surface area contributed by atoms with Gasteiger partial charge in [-0.1, -0.05) is 0 Å². The zero-order chi connectivity index (χ0) is 12.9. The lowest BCUT2D eigenvalue weighted by molar-refractivity contribution is -0.142. The molecule has 3 rings (SSSR count). The monoisotopic (exact) mass is 269 g/mol. The van der Waals surface area contributed by atoms with E-state index in [-0.39, 0.29) is 23.2 Å². The molecule has 1 N–H and O–H groups in total. The smallest absolute Gasteiger partial charge is 0.308 e. The predicted octanol–water partition coefficient (Wildman–Crippen LogP) is 2.01. The van der Waals surface area contributed by atoms with Gasteiger partial charge in [0.2, 0.25) is 5.22 Å². The maximum absolute atomic E-state index is 12.3. The van der Waals surface area contributed by atoms with Crippen LogP contribution in [0.5, 0.6) is 0 Å². The molecule has 0 aliphatic carbocycles. The first-order chi connectivity index (χ1) is 8.59. The summed E-state index contributed by atoms with van der Waals surface area (Å²) in [7, 11) is 0. The molecule has 3 atom stereocenters. The Kier molecular flexibility index (Phi) is 2.59. The third-order valence-corrected chi connectivity index (χ3v) is 4.23. The van der Waals surface area contributed by atoms with Crippen molar-refractivity contribution in [2.75, 3.05) is 0 Å². The molecule has 0 aromatic carbocycles. The van der Waals surface area contributed by atoms with E-state index in [2.05, 4.69) is 0 Å². The molecular formula is C12H12ClNO4. The van der Waals surface area contributed by atoms with Crippen LogP contribution in [-0.4, -0.2) is 34.0 Å². The molecule has 18 heavy (non-hydrogen) atoms. The number of halogens is 1. The second kappa shape index (κ2) is 4.02. The lowest BCUT2D eigenvalue weighted by Gasteiger charge is -2.22. The number of carbonyl (C=O) groups is 2. The molecule has 1 aromatic rings. The molecule has 1 amide bonds. The van der Waals surface area contributed by atoms with Crippen molar-refractivity contribution >= 4 is 23.5 Å².